The van der Waals surface area contributed by atoms with Gasteiger partial charge in [-0.05, 0) is 24.2 Å². The highest BCUT2D eigenvalue weighted by Gasteiger charge is 2.24. The summed E-state index contributed by atoms with van der Waals surface area (Å²) in [5, 5.41) is 0. The van der Waals surface area contributed by atoms with E-state index in [1.807, 2.05) is 24.3 Å². The summed E-state index contributed by atoms with van der Waals surface area (Å²) in [6.45, 7) is 9.81. The van der Waals surface area contributed by atoms with Crippen LogP contribution < -0.4 is 0 Å². The first kappa shape index (κ1) is 24.1. The van der Waals surface area contributed by atoms with Gasteiger partial charge in [0.1, 0.15) is 12.6 Å². The Labute approximate surface area is 194 Å². The van der Waals surface area contributed by atoms with Crippen molar-refractivity contribution in [2.75, 3.05) is 0 Å². The van der Waals surface area contributed by atoms with E-state index in [1.165, 1.54) is 22.3 Å². The van der Waals surface area contributed by atoms with Crippen LogP contribution in [0.25, 0.3) is 0 Å². The number of carbonyl (C=O) groups excluding carboxylic acids is 2. The highest BCUT2D eigenvalue weighted by Crippen LogP contribution is 2.22. The topological polar surface area (TPSA) is 34.1 Å². The molecule has 0 radical (unpaired) electrons. The number of benzene rings is 3. The fraction of sp³-hybridized carbons (Fsp3) is 0.286. The molecule has 0 unspecified atom stereocenters. The minimum atomic E-state index is -1.47. The summed E-state index contributed by atoms with van der Waals surface area (Å²) in [6, 6.07) is 29.9. The number of hydrogen-bond acceptors (Lipinski definition) is 2. The van der Waals surface area contributed by atoms with Gasteiger partial charge in [-0.3, -0.25) is 9.59 Å². The number of rotatable bonds is 10. The molecule has 0 aliphatic carbocycles. The van der Waals surface area contributed by atoms with Crippen LogP contribution >= 0.6 is 0 Å². The van der Waals surface area contributed by atoms with Gasteiger partial charge in [0.25, 0.3) is 0 Å². The molecular formula is C28H34O2Si2. The lowest BCUT2D eigenvalue weighted by Gasteiger charge is -2.25. The van der Waals surface area contributed by atoms with Crippen LogP contribution in [0.2, 0.25) is 26.2 Å². The molecule has 0 heterocycles. The van der Waals surface area contributed by atoms with E-state index in [-0.39, 0.29) is 0 Å². The maximum atomic E-state index is 10.9. The second-order valence-electron chi connectivity index (χ2n) is 10.6. The minimum Gasteiger partial charge on any atom is -0.298 e. The Morgan fingerprint density at radius 1 is 0.531 bits per heavy atom. The van der Waals surface area contributed by atoms with Crippen LogP contribution in [0.4, 0.5) is 0 Å². The molecule has 3 aromatic carbocycles. The smallest absolute Gasteiger partial charge is 0.150 e. The predicted molar refractivity (Wildman–Crippen MR) is 140 cm³/mol. The van der Waals surface area contributed by atoms with Crippen molar-refractivity contribution >= 4 is 28.7 Å². The van der Waals surface area contributed by atoms with Crippen molar-refractivity contribution in [1.82, 2.24) is 0 Å². The fourth-order valence-corrected chi connectivity index (χ4v) is 10.2. The molecule has 166 valence electrons. The van der Waals surface area contributed by atoms with Crippen LogP contribution in [-0.4, -0.2) is 28.7 Å². The van der Waals surface area contributed by atoms with E-state index < -0.39 is 16.1 Å². The standard InChI is InChI=1S/C28H34O2Si2/c1-31(2,19-25-12-8-23(17-29)9-13-25)21-27-6-5-7-28(16-27)22-32(3,4)20-26-14-10-24(18-30)11-15-26/h5-18H,19-22H2,1-4H3. The second kappa shape index (κ2) is 10.4. The maximum absolute atomic E-state index is 10.9. The van der Waals surface area contributed by atoms with Gasteiger partial charge in [0, 0.05) is 11.1 Å². The van der Waals surface area contributed by atoms with Crippen LogP contribution in [0.5, 0.6) is 0 Å². The van der Waals surface area contributed by atoms with Gasteiger partial charge < -0.3 is 0 Å². The van der Waals surface area contributed by atoms with E-state index in [0.29, 0.717) is 0 Å². The lowest BCUT2D eigenvalue weighted by molar-refractivity contribution is 0.111. The van der Waals surface area contributed by atoms with Gasteiger partial charge in [0.15, 0.2) is 0 Å². The largest absolute Gasteiger partial charge is 0.298 e. The van der Waals surface area contributed by atoms with Crippen molar-refractivity contribution in [3.05, 3.63) is 106 Å². The highest BCUT2D eigenvalue weighted by molar-refractivity contribution is 6.76. The van der Waals surface area contributed by atoms with Crippen molar-refractivity contribution < 1.29 is 9.59 Å². The minimum absolute atomic E-state index is 0.743. The van der Waals surface area contributed by atoms with E-state index in [9.17, 15) is 9.59 Å². The van der Waals surface area contributed by atoms with Gasteiger partial charge in [-0.1, -0.05) is 121 Å². The molecule has 0 aliphatic rings. The van der Waals surface area contributed by atoms with E-state index in [1.54, 1.807) is 0 Å². The molecule has 32 heavy (non-hydrogen) atoms. The van der Waals surface area contributed by atoms with Gasteiger partial charge in [-0.15, -0.1) is 0 Å². The lowest BCUT2D eigenvalue weighted by atomic mass is 10.2. The first-order chi connectivity index (χ1) is 15.2. The number of aldehydes is 2. The van der Waals surface area contributed by atoms with E-state index in [2.05, 4.69) is 74.7 Å². The van der Waals surface area contributed by atoms with E-state index in [0.717, 1.165) is 47.9 Å². The third-order valence-corrected chi connectivity index (χ3v) is 11.4. The predicted octanol–water partition coefficient (Wildman–Crippen LogP) is 6.46. The van der Waals surface area contributed by atoms with Crippen molar-refractivity contribution in [1.29, 1.82) is 0 Å². The highest BCUT2D eigenvalue weighted by atomic mass is 28.3. The molecule has 4 heteroatoms. The van der Waals surface area contributed by atoms with Crippen molar-refractivity contribution in [2.24, 2.45) is 0 Å². The molecule has 0 saturated carbocycles. The molecule has 0 fully saturated rings. The molecule has 3 aromatic rings. The summed E-state index contributed by atoms with van der Waals surface area (Å²) in [6.07, 6.45) is 1.81. The molecule has 0 atom stereocenters. The average Bonchev–Trinajstić information content (AvgIpc) is 2.74. The Bertz CT molecular complexity index is 969. The normalized spacial score (nSPS) is 11.9. The Morgan fingerprint density at radius 2 is 0.875 bits per heavy atom. The molecule has 3 rings (SSSR count). The molecule has 0 amide bonds. The molecule has 0 spiro atoms. The van der Waals surface area contributed by atoms with Gasteiger partial charge in [0.05, 0.1) is 16.1 Å². The molecule has 0 aliphatic heterocycles. The maximum Gasteiger partial charge on any atom is 0.150 e. The summed E-state index contributed by atoms with van der Waals surface area (Å²) in [5.74, 6) is 0. The van der Waals surface area contributed by atoms with Gasteiger partial charge in [-0.25, -0.2) is 0 Å². The van der Waals surface area contributed by atoms with Crippen LogP contribution in [0.1, 0.15) is 43.0 Å². The van der Waals surface area contributed by atoms with Crippen LogP contribution in [0.3, 0.4) is 0 Å². The quantitative estimate of drug-likeness (QED) is 0.258. The molecule has 0 N–H and O–H groups in total. The molecule has 0 saturated heterocycles. The molecular weight excluding hydrogens is 424 g/mol. The SMILES string of the molecule is C[Si](C)(Cc1ccc(C=O)cc1)Cc1cccc(C[Si](C)(C)Cc2ccc(C=O)cc2)c1. The van der Waals surface area contributed by atoms with E-state index in [4.69, 9.17) is 0 Å². The van der Waals surface area contributed by atoms with Gasteiger partial charge >= 0.3 is 0 Å². The first-order valence-corrected chi connectivity index (χ1v) is 18.2. The summed E-state index contributed by atoms with van der Waals surface area (Å²) >= 11 is 0. The molecule has 2 nitrogen and oxygen atoms in total. The Morgan fingerprint density at radius 3 is 1.22 bits per heavy atom. The third-order valence-electron chi connectivity index (χ3n) is 5.95. The average molecular weight is 459 g/mol. The van der Waals surface area contributed by atoms with Gasteiger partial charge in [0.2, 0.25) is 0 Å². The fourth-order valence-electron chi connectivity index (χ4n) is 4.61. The number of carbonyl (C=O) groups is 2. The summed E-state index contributed by atoms with van der Waals surface area (Å²) in [7, 11) is -2.94. The Balaban J connectivity index is 1.65. The van der Waals surface area contributed by atoms with Crippen molar-refractivity contribution in [2.45, 2.75) is 50.4 Å². The second-order valence-corrected chi connectivity index (χ2v) is 20.6. The lowest BCUT2D eigenvalue weighted by Crippen LogP contribution is -2.34. The Hall–Kier alpha value is -2.57. The number of hydrogen-bond donors (Lipinski definition) is 0. The molecule has 0 aromatic heterocycles. The Kier molecular flexibility index (Phi) is 7.80. The van der Waals surface area contributed by atoms with Crippen molar-refractivity contribution in [3.63, 3.8) is 0 Å². The van der Waals surface area contributed by atoms with Crippen LogP contribution in [0.15, 0.2) is 72.8 Å². The van der Waals surface area contributed by atoms with Crippen LogP contribution in [0, 0.1) is 0 Å². The zero-order valence-electron chi connectivity index (χ0n) is 19.7. The third kappa shape index (κ3) is 7.25. The molecule has 0 bridgehead atoms. The zero-order valence-corrected chi connectivity index (χ0v) is 21.7. The zero-order chi connectivity index (χ0) is 23.2. The monoisotopic (exact) mass is 458 g/mol. The van der Waals surface area contributed by atoms with Gasteiger partial charge in [-0.2, -0.15) is 0 Å². The van der Waals surface area contributed by atoms with Crippen molar-refractivity contribution in [3.8, 4) is 0 Å². The summed E-state index contributed by atoms with van der Waals surface area (Å²) in [4.78, 5) is 21.8. The first-order valence-electron chi connectivity index (χ1n) is 11.3. The van der Waals surface area contributed by atoms with Crippen LogP contribution in [-0.2, 0) is 24.2 Å². The van der Waals surface area contributed by atoms with E-state index >= 15 is 0 Å². The summed E-state index contributed by atoms with van der Waals surface area (Å²) in [5.41, 5.74) is 7.04. The summed E-state index contributed by atoms with van der Waals surface area (Å²) < 4.78 is 0.